The van der Waals surface area contributed by atoms with Crippen molar-refractivity contribution in [1.82, 2.24) is 14.5 Å². The standard InChI is InChI=1S/C24H20F4N4O3/c25-17-7-15(8-19(10-17)35-24(26,27)28)14-32-2-1-16(9-22(32)33)21-13-30-23-20(21)11-18(12-29-23)31-3-5-34-6-4-31/h1-2,7-13H,3-6,14H2,(H,29,30). The highest BCUT2D eigenvalue weighted by Gasteiger charge is 2.31. The van der Waals surface area contributed by atoms with Gasteiger partial charge < -0.3 is 23.9 Å². The highest BCUT2D eigenvalue weighted by molar-refractivity contribution is 5.95. The van der Waals surface area contributed by atoms with E-state index in [1.807, 2.05) is 6.07 Å². The summed E-state index contributed by atoms with van der Waals surface area (Å²) in [7, 11) is 0. The van der Waals surface area contributed by atoms with Crippen molar-refractivity contribution in [3.63, 3.8) is 0 Å². The fourth-order valence-corrected chi connectivity index (χ4v) is 4.13. The number of morpholine rings is 1. The van der Waals surface area contributed by atoms with Gasteiger partial charge in [-0.2, -0.15) is 0 Å². The molecule has 0 aliphatic carbocycles. The van der Waals surface area contributed by atoms with Crippen LogP contribution in [0, 0.1) is 5.82 Å². The van der Waals surface area contributed by atoms with Crippen molar-refractivity contribution in [2.75, 3.05) is 31.2 Å². The number of nitrogens with one attached hydrogen (secondary N) is 1. The summed E-state index contributed by atoms with van der Waals surface area (Å²) < 4.78 is 61.8. The maximum Gasteiger partial charge on any atom is 0.573 e. The minimum atomic E-state index is -4.95. The van der Waals surface area contributed by atoms with Crippen molar-refractivity contribution in [2.24, 2.45) is 0 Å². The minimum absolute atomic E-state index is 0.123. The second-order valence-electron chi connectivity index (χ2n) is 8.12. The monoisotopic (exact) mass is 488 g/mol. The van der Waals surface area contributed by atoms with Gasteiger partial charge in [0.25, 0.3) is 5.56 Å². The molecule has 0 saturated carbocycles. The number of benzene rings is 1. The van der Waals surface area contributed by atoms with Crippen LogP contribution >= 0.6 is 0 Å². The van der Waals surface area contributed by atoms with Gasteiger partial charge in [-0.1, -0.05) is 0 Å². The maximum absolute atomic E-state index is 13.8. The molecular weight excluding hydrogens is 468 g/mol. The minimum Gasteiger partial charge on any atom is -0.406 e. The Morgan fingerprint density at radius 1 is 1.11 bits per heavy atom. The fraction of sp³-hybridized carbons (Fsp3) is 0.250. The molecule has 4 aromatic rings. The van der Waals surface area contributed by atoms with Crippen LogP contribution in [0.5, 0.6) is 5.75 Å². The molecule has 0 amide bonds. The van der Waals surface area contributed by atoms with E-state index in [0.29, 0.717) is 30.5 Å². The van der Waals surface area contributed by atoms with Crippen LogP contribution in [0.3, 0.4) is 0 Å². The predicted octanol–water partition coefficient (Wildman–Crippen LogP) is 4.31. The molecule has 4 heterocycles. The molecule has 0 unspecified atom stereocenters. The zero-order valence-corrected chi connectivity index (χ0v) is 18.3. The second kappa shape index (κ2) is 9.06. The van der Waals surface area contributed by atoms with E-state index < -0.39 is 23.5 Å². The van der Waals surface area contributed by atoms with Crippen LogP contribution in [0.2, 0.25) is 0 Å². The average Bonchev–Trinajstić information content (AvgIpc) is 3.23. The summed E-state index contributed by atoms with van der Waals surface area (Å²) in [6.07, 6.45) is 0.138. The lowest BCUT2D eigenvalue weighted by atomic mass is 10.1. The summed E-state index contributed by atoms with van der Waals surface area (Å²) >= 11 is 0. The van der Waals surface area contributed by atoms with Crippen LogP contribution in [0.1, 0.15) is 5.56 Å². The zero-order valence-electron chi connectivity index (χ0n) is 18.3. The largest absolute Gasteiger partial charge is 0.573 e. The van der Waals surface area contributed by atoms with E-state index in [2.05, 4.69) is 19.6 Å². The molecule has 0 bridgehead atoms. The molecule has 182 valence electrons. The van der Waals surface area contributed by atoms with E-state index >= 15 is 0 Å². The number of alkyl halides is 3. The van der Waals surface area contributed by atoms with Gasteiger partial charge in [0.1, 0.15) is 17.2 Å². The van der Waals surface area contributed by atoms with Crippen molar-refractivity contribution >= 4 is 16.7 Å². The van der Waals surface area contributed by atoms with Crippen LogP contribution in [0.15, 0.2) is 59.8 Å². The molecule has 11 heteroatoms. The number of halogens is 4. The van der Waals surface area contributed by atoms with Gasteiger partial charge >= 0.3 is 6.36 Å². The van der Waals surface area contributed by atoms with Crippen LogP contribution in [-0.2, 0) is 11.3 Å². The zero-order chi connectivity index (χ0) is 24.6. The third-order valence-corrected chi connectivity index (χ3v) is 5.72. The van der Waals surface area contributed by atoms with E-state index in [0.717, 1.165) is 41.9 Å². The number of H-pyrrole nitrogens is 1. The Morgan fingerprint density at radius 3 is 2.66 bits per heavy atom. The van der Waals surface area contributed by atoms with Gasteiger partial charge in [-0.3, -0.25) is 4.79 Å². The number of hydrogen-bond acceptors (Lipinski definition) is 5. The molecule has 1 aromatic carbocycles. The number of anilines is 1. The molecule has 3 aromatic heterocycles. The van der Waals surface area contributed by atoms with Crippen LogP contribution in [-0.4, -0.2) is 47.2 Å². The number of aromatic amines is 1. The third kappa shape index (κ3) is 5.14. The molecule has 0 spiro atoms. The first-order chi connectivity index (χ1) is 16.7. The predicted molar refractivity (Wildman–Crippen MR) is 121 cm³/mol. The Balaban J connectivity index is 1.42. The van der Waals surface area contributed by atoms with Crippen molar-refractivity contribution < 1.29 is 27.0 Å². The Bertz CT molecular complexity index is 1420. The third-order valence-electron chi connectivity index (χ3n) is 5.72. The Kier molecular flexibility index (Phi) is 5.93. The lowest BCUT2D eigenvalue weighted by Crippen LogP contribution is -2.36. The Morgan fingerprint density at radius 2 is 1.91 bits per heavy atom. The number of aromatic nitrogens is 3. The summed E-state index contributed by atoms with van der Waals surface area (Å²) in [5.74, 6) is -1.58. The first kappa shape index (κ1) is 22.9. The molecular formula is C24H20F4N4O3. The second-order valence-corrected chi connectivity index (χ2v) is 8.12. The Hall–Kier alpha value is -3.86. The molecule has 1 fully saturated rings. The van der Waals surface area contributed by atoms with Crippen molar-refractivity contribution in [2.45, 2.75) is 12.9 Å². The SMILES string of the molecule is O=c1cc(-c2c[nH]c3ncc(N4CCOCC4)cc23)ccn1Cc1cc(F)cc(OC(F)(F)F)c1. The van der Waals surface area contributed by atoms with E-state index in [9.17, 15) is 22.4 Å². The van der Waals surface area contributed by atoms with Gasteiger partial charge in [-0.05, 0) is 35.4 Å². The smallest absolute Gasteiger partial charge is 0.406 e. The topological polar surface area (TPSA) is 72.4 Å². The van der Waals surface area contributed by atoms with Crippen LogP contribution in [0.25, 0.3) is 22.2 Å². The number of ether oxygens (including phenoxy) is 2. The van der Waals surface area contributed by atoms with Crippen LogP contribution < -0.4 is 15.2 Å². The van der Waals surface area contributed by atoms with Gasteiger partial charge in [0.05, 0.1) is 31.6 Å². The van der Waals surface area contributed by atoms with Gasteiger partial charge in [0.15, 0.2) is 0 Å². The molecule has 5 rings (SSSR count). The van der Waals surface area contributed by atoms with E-state index in [1.165, 1.54) is 16.8 Å². The van der Waals surface area contributed by atoms with Gasteiger partial charge in [0, 0.05) is 48.6 Å². The van der Waals surface area contributed by atoms with Crippen molar-refractivity contribution in [3.8, 4) is 16.9 Å². The molecule has 1 N–H and O–H groups in total. The van der Waals surface area contributed by atoms with E-state index in [1.54, 1.807) is 18.5 Å². The number of hydrogen-bond donors (Lipinski definition) is 1. The fourth-order valence-electron chi connectivity index (χ4n) is 4.13. The van der Waals surface area contributed by atoms with Gasteiger partial charge in [-0.15, -0.1) is 13.2 Å². The lowest BCUT2D eigenvalue weighted by molar-refractivity contribution is -0.274. The molecule has 0 radical (unpaired) electrons. The quantitative estimate of drug-likeness (QED) is 0.424. The van der Waals surface area contributed by atoms with E-state index in [4.69, 9.17) is 4.74 Å². The van der Waals surface area contributed by atoms with E-state index in [-0.39, 0.29) is 12.1 Å². The molecule has 35 heavy (non-hydrogen) atoms. The summed E-state index contributed by atoms with van der Waals surface area (Å²) in [4.78, 5) is 22.6. The number of nitrogens with zero attached hydrogens (tertiary/aromatic N) is 3. The van der Waals surface area contributed by atoms with Crippen molar-refractivity contribution in [1.29, 1.82) is 0 Å². The molecule has 7 nitrogen and oxygen atoms in total. The summed E-state index contributed by atoms with van der Waals surface area (Å²) in [5, 5.41) is 0.852. The molecule has 1 aliphatic heterocycles. The summed E-state index contributed by atoms with van der Waals surface area (Å²) in [6.45, 7) is 2.69. The molecule has 1 saturated heterocycles. The normalized spacial score (nSPS) is 14.5. The Labute approximate surface area is 196 Å². The lowest BCUT2D eigenvalue weighted by Gasteiger charge is -2.28. The van der Waals surface area contributed by atoms with Crippen LogP contribution in [0.4, 0.5) is 23.2 Å². The summed E-state index contributed by atoms with van der Waals surface area (Å²) in [6, 6.07) is 7.91. The number of rotatable bonds is 5. The van der Waals surface area contributed by atoms with Gasteiger partial charge in [-0.25, -0.2) is 9.37 Å². The van der Waals surface area contributed by atoms with Crippen molar-refractivity contribution in [3.05, 3.63) is 76.7 Å². The highest BCUT2D eigenvalue weighted by atomic mass is 19.4. The highest BCUT2D eigenvalue weighted by Crippen LogP contribution is 2.30. The average molecular weight is 488 g/mol. The first-order valence-electron chi connectivity index (χ1n) is 10.8. The summed E-state index contributed by atoms with van der Waals surface area (Å²) in [5.41, 5.74) is 2.84. The maximum atomic E-state index is 13.8. The first-order valence-corrected chi connectivity index (χ1v) is 10.8. The molecule has 0 atom stereocenters. The van der Waals surface area contributed by atoms with Gasteiger partial charge in [0.2, 0.25) is 0 Å². The number of fused-ring (bicyclic) bond motifs is 1. The molecule has 1 aliphatic rings. The number of pyridine rings is 2.